The Kier molecular flexibility index (Phi) is 4.68. The molecule has 0 heterocycles. The number of alkyl halides is 1. The molecule has 3 rings (SSSR count). The van der Waals surface area contributed by atoms with Crippen molar-refractivity contribution in [3.8, 4) is 0 Å². The SMILES string of the molecule is Cc1ccc(N(c2ccc(C)cc2)c2ccc(CCl)cc2)cc1. The summed E-state index contributed by atoms with van der Waals surface area (Å²) in [5, 5.41) is 0. The number of halogens is 1. The summed E-state index contributed by atoms with van der Waals surface area (Å²) in [5.74, 6) is 0.537. The van der Waals surface area contributed by atoms with Crippen molar-refractivity contribution in [3.63, 3.8) is 0 Å². The molecule has 0 aliphatic rings. The van der Waals surface area contributed by atoms with Gasteiger partial charge in [0, 0.05) is 22.9 Å². The van der Waals surface area contributed by atoms with E-state index in [4.69, 9.17) is 11.6 Å². The number of hydrogen-bond acceptors (Lipinski definition) is 1. The molecule has 0 saturated heterocycles. The van der Waals surface area contributed by atoms with Gasteiger partial charge in [0.15, 0.2) is 0 Å². The minimum absolute atomic E-state index is 0.537. The van der Waals surface area contributed by atoms with Gasteiger partial charge in [-0.15, -0.1) is 11.6 Å². The highest BCUT2D eigenvalue weighted by Gasteiger charge is 2.11. The fraction of sp³-hybridized carbons (Fsp3) is 0.143. The summed E-state index contributed by atoms with van der Waals surface area (Å²) >= 11 is 5.91. The maximum Gasteiger partial charge on any atom is 0.0474 e. The Morgan fingerprint density at radius 1 is 0.609 bits per heavy atom. The standard InChI is InChI=1S/C21H20ClN/c1-16-3-9-19(10-4-16)23(20-11-5-17(2)6-12-20)21-13-7-18(15-22)8-14-21/h3-14H,15H2,1-2H3. The molecule has 0 aromatic heterocycles. The fourth-order valence-corrected chi connectivity index (χ4v) is 2.75. The molecule has 3 aromatic rings. The third-order valence-corrected chi connectivity index (χ3v) is 4.24. The highest BCUT2D eigenvalue weighted by atomic mass is 35.5. The Morgan fingerprint density at radius 3 is 1.30 bits per heavy atom. The minimum Gasteiger partial charge on any atom is -0.311 e. The second kappa shape index (κ2) is 6.89. The summed E-state index contributed by atoms with van der Waals surface area (Å²) in [4.78, 5) is 2.26. The molecule has 116 valence electrons. The molecule has 2 heteroatoms. The van der Waals surface area contributed by atoms with Gasteiger partial charge in [-0.1, -0.05) is 47.5 Å². The first kappa shape index (κ1) is 15.6. The molecule has 0 spiro atoms. The molecule has 0 aliphatic carbocycles. The van der Waals surface area contributed by atoms with Gasteiger partial charge >= 0.3 is 0 Å². The van der Waals surface area contributed by atoms with E-state index in [-0.39, 0.29) is 0 Å². The number of benzene rings is 3. The van der Waals surface area contributed by atoms with Crippen molar-refractivity contribution in [3.05, 3.63) is 89.5 Å². The van der Waals surface area contributed by atoms with Gasteiger partial charge in [0.05, 0.1) is 0 Å². The van der Waals surface area contributed by atoms with Gasteiger partial charge < -0.3 is 4.90 Å². The monoisotopic (exact) mass is 321 g/mol. The summed E-state index contributed by atoms with van der Waals surface area (Å²) in [5.41, 5.74) is 7.08. The third kappa shape index (κ3) is 3.57. The molecular weight excluding hydrogens is 302 g/mol. The Labute approximate surface area is 143 Å². The first-order valence-corrected chi connectivity index (χ1v) is 8.29. The number of hydrogen-bond donors (Lipinski definition) is 0. The Balaban J connectivity index is 2.08. The minimum atomic E-state index is 0.537. The summed E-state index contributed by atoms with van der Waals surface area (Å²) < 4.78 is 0. The van der Waals surface area contributed by atoms with Crippen LogP contribution in [-0.4, -0.2) is 0 Å². The Hall–Kier alpha value is -2.25. The Bertz CT molecular complexity index is 713. The van der Waals surface area contributed by atoms with Crippen LogP contribution in [0.3, 0.4) is 0 Å². The van der Waals surface area contributed by atoms with Crippen LogP contribution in [0.4, 0.5) is 17.1 Å². The lowest BCUT2D eigenvalue weighted by molar-refractivity contribution is 1.26. The lowest BCUT2D eigenvalue weighted by atomic mass is 10.1. The molecule has 0 N–H and O–H groups in total. The van der Waals surface area contributed by atoms with Crippen LogP contribution in [0.1, 0.15) is 16.7 Å². The van der Waals surface area contributed by atoms with Gasteiger partial charge in [0.1, 0.15) is 0 Å². The molecule has 0 bridgehead atoms. The molecule has 0 radical (unpaired) electrons. The average Bonchev–Trinajstić information content (AvgIpc) is 2.59. The molecule has 0 atom stereocenters. The van der Waals surface area contributed by atoms with Crippen molar-refractivity contribution in [1.29, 1.82) is 0 Å². The van der Waals surface area contributed by atoms with Crippen LogP contribution in [0, 0.1) is 13.8 Å². The predicted molar refractivity (Wildman–Crippen MR) is 100 cm³/mol. The molecule has 0 aliphatic heterocycles. The molecule has 0 amide bonds. The van der Waals surface area contributed by atoms with Crippen LogP contribution in [0.25, 0.3) is 0 Å². The van der Waals surface area contributed by atoms with Gasteiger partial charge in [-0.25, -0.2) is 0 Å². The topological polar surface area (TPSA) is 3.24 Å². The van der Waals surface area contributed by atoms with Crippen LogP contribution in [-0.2, 0) is 5.88 Å². The van der Waals surface area contributed by atoms with Crippen molar-refractivity contribution >= 4 is 28.7 Å². The van der Waals surface area contributed by atoms with Crippen molar-refractivity contribution < 1.29 is 0 Å². The van der Waals surface area contributed by atoms with E-state index < -0.39 is 0 Å². The van der Waals surface area contributed by atoms with E-state index in [1.807, 2.05) is 0 Å². The normalized spacial score (nSPS) is 10.6. The molecule has 0 fully saturated rings. The van der Waals surface area contributed by atoms with Gasteiger partial charge in [-0.2, -0.15) is 0 Å². The van der Waals surface area contributed by atoms with Crippen molar-refractivity contribution in [2.24, 2.45) is 0 Å². The van der Waals surface area contributed by atoms with Crippen LogP contribution in [0.15, 0.2) is 72.8 Å². The van der Waals surface area contributed by atoms with Gasteiger partial charge in [-0.05, 0) is 55.8 Å². The van der Waals surface area contributed by atoms with Crippen LogP contribution < -0.4 is 4.90 Å². The molecule has 1 nitrogen and oxygen atoms in total. The second-order valence-corrected chi connectivity index (χ2v) is 6.07. The molecular formula is C21H20ClN. The van der Waals surface area contributed by atoms with Crippen LogP contribution in [0.5, 0.6) is 0 Å². The van der Waals surface area contributed by atoms with Gasteiger partial charge in [0.2, 0.25) is 0 Å². The average molecular weight is 322 g/mol. The summed E-state index contributed by atoms with van der Waals surface area (Å²) in [7, 11) is 0. The summed E-state index contributed by atoms with van der Waals surface area (Å²) in [6.45, 7) is 4.21. The summed E-state index contributed by atoms with van der Waals surface area (Å²) in [6, 6.07) is 25.6. The first-order valence-electron chi connectivity index (χ1n) is 7.76. The number of anilines is 3. The number of aryl methyl sites for hydroxylation is 2. The van der Waals surface area contributed by atoms with Crippen molar-refractivity contribution in [1.82, 2.24) is 0 Å². The van der Waals surface area contributed by atoms with E-state index in [2.05, 4.69) is 91.5 Å². The van der Waals surface area contributed by atoms with Crippen molar-refractivity contribution in [2.75, 3.05) is 4.90 Å². The first-order chi connectivity index (χ1) is 11.2. The molecule has 23 heavy (non-hydrogen) atoms. The van der Waals surface area contributed by atoms with Crippen LogP contribution >= 0.6 is 11.6 Å². The second-order valence-electron chi connectivity index (χ2n) is 5.81. The number of rotatable bonds is 4. The van der Waals surface area contributed by atoms with E-state index in [1.165, 1.54) is 11.1 Å². The highest BCUT2D eigenvalue weighted by molar-refractivity contribution is 6.17. The van der Waals surface area contributed by atoms with Gasteiger partial charge in [0.25, 0.3) is 0 Å². The number of nitrogens with zero attached hydrogens (tertiary/aromatic N) is 1. The zero-order chi connectivity index (χ0) is 16.2. The lowest BCUT2D eigenvalue weighted by Crippen LogP contribution is -2.09. The van der Waals surface area contributed by atoms with Crippen LogP contribution in [0.2, 0.25) is 0 Å². The zero-order valence-corrected chi connectivity index (χ0v) is 14.2. The fourth-order valence-electron chi connectivity index (χ4n) is 2.57. The molecule has 0 saturated carbocycles. The third-order valence-electron chi connectivity index (χ3n) is 3.93. The molecule has 3 aromatic carbocycles. The molecule has 0 unspecified atom stereocenters. The maximum absolute atomic E-state index is 5.91. The van der Waals surface area contributed by atoms with Gasteiger partial charge in [-0.3, -0.25) is 0 Å². The van der Waals surface area contributed by atoms with Crippen molar-refractivity contribution in [2.45, 2.75) is 19.7 Å². The lowest BCUT2D eigenvalue weighted by Gasteiger charge is -2.26. The largest absolute Gasteiger partial charge is 0.311 e. The maximum atomic E-state index is 5.91. The predicted octanol–water partition coefficient (Wildman–Crippen LogP) is 6.51. The quantitative estimate of drug-likeness (QED) is 0.495. The zero-order valence-electron chi connectivity index (χ0n) is 13.5. The van der Waals surface area contributed by atoms with E-state index in [1.54, 1.807) is 0 Å². The van der Waals surface area contributed by atoms with E-state index in [9.17, 15) is 0 Å². The van der Waals surface area contributed by atoms with E-state index in [0.717, 1.165) is 22.6 Å². The van der Waals surface area contributed by atoms with E-state index >= 15 is 0 Å². The van der Waals surface area contributed by atoms with E-state index in [0.29, 0.717) is 5.88 Å². The highest BCUT2D eigenvalue weighted by Crippen LogP contribution is 2.34. The summed E-state index contributed by atoms with van der Waals surface area (Å²) in [6.07, 6.45) is 0. The Morgan fingerprint density at radius 2 is 0.957 bits per heavy atom. The smallest absolute Gasteiger partial charge is 0.0474 e.